The molecule has 1 unspecified atom stereocenters. The third-order valence-corrected chi connectivity index (χ3v) is 3.97. The van der Waals surface area contributed by atoms with Gasteiger partial charge in [-0.25, -0.2) is 4.98 Å². The van der Waals surface area contributed by atoms with Gasteiger partial charge in [0.05, 0.1) is 23.5 Å². The van der Waals surface area contributed by atoms with Crippen molar-refractivity contribution in [3.8, 4) is 0 Å². The summed E-state index contributed by atoms with van der Waals surface area (Å²) in [5.41, 5.74) is 1.86. The summed E-state index contributed by atoms with van der Waals surface area (Å²) >= 11 is 0. The van der Waals surface area contributed by atoms with Crippen molar-refractivity contribution in [2.75, 3.05) is 6.54 Å². The van der Waals surface area contributed by atoms with Crippen LogP contribution in [0.3, 0.4) is 0 Å². The number of hydrogen-bond acceptors (Lipinski definition) is 3. The van der Waals surface area contributed by atoms with Crippen LogP contribution in [0.1, 0.15) is 31.3 Å². The highest BCUT2D eigenvalue weighted by molar-refractivity contribution is 5.77. The van der Waals surface area contributed by atoms with Gasteiger partial charge in [-0.3, -0.25) is 9.36 Å². The maximum absolute atomic E-state index is 13.0. The first kappa shape index (κ1) is 15.4. The summed E-state index contributed by atoms with van der Waals surface area (Å²) in [6.45, 7) is 5.45. The maximum atomic E-state index is 13.0. The molecule has 0 aliphatic heterocycles. The number of benzene rings is 2. The highest BCUT2D eigenvalue weighted by Crippen LogP contribution is 2.15. The summed E-state index contributed by atoms with van der Waals surface area (Å²) < 4.78 is 1.78. The van der Waals surface area contributed by atoms with E-state index < -0.39 is 0 Å². The Hall–Kier alpha value is -2.46. The molecule has 118 valence electrons. The normalized spacial score (nSPS) is 12.4. The molecule has 0 aliphatic rings. The van der Waals surface area contributed by atoms with Gasteiger partial charge in [-0.15, -0.1) is 0 Å². The van der Waals surface area contributed by atoms with Crippen molar-refractivity contribution in [1.82, 2.24) is 14.9 Å². The van der Waals surface area contributed by atoms with Gasteiger partial charge in [0, 0.05) is 0 Å². The zero-order valence-corrected chi connectivity index (χ0v) is 13.5. The van der Waals surface area contributed by atoms with Gasteiger partial charge in [0.25, 0.3) is 5.56 Å². The van der Waals surface area contributed by atoms with E-state index in [1.165, 1.54) is 0 Å². The maximum Gasteiger partial charge on any atom is 0.261 e. The average Bonchev–Trinajstić information content (AvgIpc) is 2.58. The third-order valence-electron chi connectivity index (χ3n) is 3.97. The van der Waals surface area contributed by atoms with Crippen LogP contribution in [0.2, 0.25) is 0 Å². The fourth-order valence-corrected chi connectivity index (χ4v) is 2.83. The van der Waals surface area contributed by atoms with Gasteiger partial charge in [-0.1, -0.05) is 49.4 Å². The minimum atomic E-state index is 0.0132. The standard InChI is InChI=1S/C19H21N3O/c1-3-20-14(2)18-21-17-12-8-7-11-16(17)19(23)22(18)13-15-9-5-4-6-10-15/h4-12,14,20H,3,13H2,1-2H3. The zero-order chi connectivity index (χ0) is 16.2. The molecule has 23 heavy (non-hydrogen) atoms. The first-order valence-electron chi connectivity index (χ1n) is 7.97. The van der Waals surface area contributed by atoms with Crippen LogP contribution in [0, 0.1) is 0 Å². The van der Waals surface area contributed by atoms with Gasteiger partial charge < -0.3 is 5.32 Å². The number of rotatable bonds is 5. The molecule has 0 bridgehead atoms. The number of aromatic nitrogens is 2. The minimum Gasteiger partial charge on any atom is -0.308 e. The van der Waals surface area contributed by atoms with Crippen LogP contribution in [0.4, 0.5) is 0 Å². The quantitative estimate of drug-likeness (QED) is 0.788. The zero-order valence-electron chi connectivity index (χ0n) is 13.5. The van der Waals surface area contributed by atoms with Crippen LogP contribution < -0.4 is 10.9 Å². The van der Waals surface area contributed by atoms with Gasteiger partial charge >= 0.3 is 0 Å². The average molecular weight is 307 g/mol. The Labute approximate surface area is 135 Å². The van der Waals surface area contributed by atoms with Crippen molar-refractivity contribution < 1.29 is 0 Å². The van der Waals surface area contributed by atoms with Gasteiger partial charge in [0.2, 0.25) is 0 Å². The molecule has 0 fully saturated rings. The van der Waals surface area contributed by atoms with Gasteiger partial charge in [-0.05, 0) is 31.2 Å². The highest BCUT2D eigenvalue weighted by atomic mass is 16.1. The molecule has 1 heterocycles. The number of hydrogen-bond donors (Lipinski definition) is 1. The van der Waals surface area contributed by atoms with Gasteiger partial charge in [-0.2, -0.15) is 0 Å². The van der Waals surface area contributed by atoms with E-state index >= 15 is 0 Å². The molecule has 0 saturated heterocycles. The predicted molar refractivity (Wildman–Crippen MR) is 93.6 cm³/mol. The minimum absolute atomic E-state index is 0.0132. The van der Waals surface area contributed by atoms with Crippen molar-refractivity contribution in [2.45, 2.75) is 26.4 Å². The fraction of sp³-hybridized carbons (Fsp3) is 0.263. The van der Waals surface area contributed by atoms with E-state index in [0.717, 1.165) is 23.4 Å². The summed E-state index contributed by atoms with van der Waals surface area (Å²) in [7, 11) is 0. The first-order valence-corrected chi connectivity index (χ1v) is 7.97. The van der Waals surface area contributed by atoms with E-state index in [1.54, 1.807) is 4.57 Å². The Morgan fingerprint density at radius 3 is 2.52 bits per heavy atom. The lowest BCUT2D eigenvalue weighted by atomic mass is 10.2. The topological polar surface area (TPSA) is 46.9 Å². The summed E-state index contributed by atoms with van der Waals surface area (Å²) in [6, 6.07) is 17.6. The molecule has 1 aromatic heterocycles. The van der Waals surface area contributed by atoms with E-state index in [1.807, 2.05) is 61.5 Å². The summed E-state index contributed by atoms with van der Waals surface area (Å²) in [5.74, 6) is 0.777. The molecule has 0 aliphatic carbocycles. The van der Waals surface area contributed by atoms with Crippen molar-refractivity contribution in [1.29, 1.82) is 0 Å². The van der Waals surface area contributed by atoms with Crippen molar-refractivity contribution in [3.63, 3.8) is 0 Å². The van der Waals surface area contributed by atoms with Crippen molar-refractivity contribution >= 4 is 10.9 Å². The second-order valence-corrected chi connectivity index (χ2v) is 5.64. The molecule has 2 aromatic carbocycles. The molecule has 1 N–H and O–H groups in total. The van der Waals surface area contributed by atoms with E-state index in [-0.39, 0.29) is 11.6 Å². The van der Waals surface area contributed by atoms with Crippen LogP contribution >= 0.6 is 0 Å². The Bertz CT molecular complexity index is 855. The molecule has 0 radical (unpaired) electrons. The first-order chi connectivity index (χ1) is 11.2. The highest BCUT2D eigenvalue weighted by Gasteiger charge is 2.16. The molecule has 4 heteroatoms. The Morgan fingerprint density at radius 1 is 1.09 bits per heavy atom. The Kier molecular flexibility index (Phi) is 4.53. The lowest BCUT2D eigenvalue weighted by Gasteiger charge is -2.19. The fourth-order valence-electron chi connectivity index (χ4n) is 2.83. The van der Waals surface area contributed by atoms with E-state index in [9.17, 15) is 4.79 Å². The molecular weight excluding hydrogens is 286 g/mol. The van der Waals surface area contributed by atoms with Crippen LogP contribution in [-0.4, -0.2) is 16.1 Å². The van der Waals surface area contributed by atoms with Gasteiger partial charge in [0.15, 0.2) is 0 Å². The van der Waals surface area contributed by atoms with Crippen LogP contribution in [0.5, 0.6) is 0 Å². The SMILES string of the molecule is CCNC(C)c1nc2ccccc2c(=O)n1Cc1ccccc1. The van der Waals surface area contributed by atoms with Gasteiger partial charge in [0.1, 0.15) is 5.82 Å². The monoisotopic (exact) mass is 307 g/mol. The largest absolute Gasteiger partial charge is 0.308 e. The lowest BCUT2D eigenvalue weighted by Crippen LogP contribution is -2.31. The Morgan fingerprint density at radius 2 is 1.78 bits per heavy atom. The molecule has 0 spiro atoms. The number of para-hydroxylation sites is 1. The predicted octanol–water partition coefficient (Wildman–Crippen LogP) is 3.12. The molecular formula is C19H21N3O. The molecule has 0 saturated carbocycles. The smallest absolute Gasteiger partial charge is 0.261 e. The molecule has 3 aromatic rings. The van der Waals surface area contributed by atoms with Crippen LogP contribution in [0.15, 0.2) is 59.4 Å². The van der Waals surface area contributed by atoms with Crippen molar-refractivity contribution in [2.24, 2.45) is 0 Å². The second kappa shape index (κ2) is 6.75. The number of nitrogens with one attached hydrogen (secondary N) is 1. The molecule has 0 amide bonds. The van der Waals surface area contributed by atoms with E-state index in [0.29, 0.717) is 11.9 Å². The molecule has 3 rings (SSSR count). The second-order valence-electron chi connectivity index (χ2n) is 5.64. The summed E-state index contributed by atoms with van der Waals surface area (Å²) in [4.78, 5) is 17.7. The molecule has 4 nitrogen and oxygen atoms in total. The van der Waals surface area contributed by atoms with E-state index in [4.69, 9.17) is 4.98 Å². The summed E-state index contributed by atoms with van der Waals surface area (Å²) in [6.07, 6.45) is 0. The van der Waals surface area contributed by atoms with Crippen LogP contribution in [-0.2, 0) is 6.54 Å². The van der Waals surface area contributed by atoms with Crippen molar-refractivity contribution in [3.05, 3.63) is 76.3 Å². The number of nitrogens with zero attached hydrogens (tertiary/aromatic N) is 2. The number of fused-ring (bicyclic) bond motifs is 1. The van der Waals surface area contributed by atoms with E-state index in [2.05, 4.69) is 12.2 Å². The van der Waals surface area contributed by atoms with Crippen LogP contribution in [0.25, 0.3) is 10.9 Å². The third kappa shape index (κ3) is 3.17. The molecule has 1 atom stereocenters. The summed E-state index contributed by atoms with van der Waals surface area (Å²) in [5, 5.41) is 4.02. The lowest BCUT2D eigenvalue weighted by molar-refractivity contribution is 0.524. The Balaban J connectivity index is 2.17.